The Kier molecular flexibility index (Phi) is 4.07. The number of nitrogens with two attached hydrogens (primary N) is 1. The fraction of sp³-hybridized carbons (Fsp3) is 0.727. The molecule has 6 nitrogen and oxygen atoms in total. The van der Waals surface area contributed by atoms with E-state index in [9.17, 15) is 9.59 Å². The lowest BCUT2D eigenvalue weighted by molar-refractivity contribution is -0.149. The third kappa shape index (κ3) is 2.74. The molecule has 0 saturated carbocycles. The molecule has 6 heteroatoms. The molecule has 1 heterocycles. The van der Waals surface area contributed by atoms with Gasteiger partial charge in [0.2, 0.25) is 5.91 Å². The molecule has 1 aliphatic rings. The lowest BCUT2D eigenvalue weighted by atomic mass is 10.0. The fourth-order valence-corrected chi connectivity index (χ4v) is 1.88. The van der Waals surface area contributed by atoms with Crippen LogP contribution in [0.25, 0.3) is 0 Å². The summed E-state index contributed by atoms with van der Waals surface area (Å²) in [5, 5.41) is 17.8. The number of hydrogen-bond donors (Lipinski definition) is 2. The van der Waals surface area contributed by atoms with Crippen LogP contribution in [-0.2, 0) is 9.59 Å². The van der Waals surface area contributed by atoms with Crippen molar-refractivity contribution >= 4 is 11.9 Å². The van der Waals surface area contributed by atoms with Crippen LogP contribution in [0.5, 0.6) is 0 Å². The molecule has 1 fully saturated rings. The summed E-state index contributed by atoms with van der Waals surface area (Å²) in [5.74, 6) is -1.94. The highest BCUT2D eigenvalue weighted by Gasteiger charge is 2.41. The highest BCUT2D eigenvalue weighted by Crippen LogP contribution is 2.24. The number of carbonyl (C=O) groups is 2. The van der Waals surface area contributed by atoms with Gasteiger partial charge in [-0.1, -0.05) is 13.8 Å². The molecule has 0 aliphatic carbocycles. The Bertz CT molecular complexity index is 361. The van der Waals surface area contributed by atoms with E-state index in [1.807, 2.05) is 6.07 Å². The Morgan fingerprint density at radius 2 is 2.12 bits per heavy atom. The van der Waals surface area contributed by atoms with Crippen molar-refractivity contribution in [3.8, 4) is 6.07 Å². The molecule has 3 N–H and O–H groups in total. The normalized spacial score (nSPS) is 25.7. The SMILES string of the molecule is CC(C)[C@H](N)C(=O)N1C[C@H](C#N)C[C@H]1C(=O)O. The summed E-state index contributed by atoms with van der Waals surface area (Å²) in [6.45, 7) is 3.76. The molecule has 1 saturated heterocycles. The summed E-state index contributed by atoms with van der Waals surface area (Å²) in [6, 6.07) is 0.371. The second kappa shape index (κ2) is 5.15. The maximum atomic E-state index is 12.0. The third-order valence-electron chi connectivity index (χ3n) is 3.06. The van der Waals surface area contributed by atoms with Crippen LogP contribution >= 0.6 is 0 Å². The zero-order valence-electron chi connectivity index (χ0n) is 9.96. The summed E-state index contributed by atoms with van der Waals surface area (Å²) >= 11 is 0. The van der Waals surface area contributed by atoms with Crippen molar-refractivity contribution in [2.75, 3.05) is 6.54 Å². The predicted molar refractivity (Wildman–Crippen MR) is 59.7 cm³/mol. The van der Waals surface area contributed by atoms with E-state index in [4.69, 9.17) is 16.1 Å². The summed E-state index contributed by atoms with van der Waals surface area (Å²) < 4.78 is 0. The molecule has 3 atom stereocenters. The number of carbonyl (C=O) groups excluding carboxylic acids is 1. The van der Waals surface area contributed by atoms with Crippen LogP contribution in [0.3, 0.4) is 0 Å². The molecule has 0 radical (unpaired) electrons. The van der Waals surface area contributed by atoms with Crippen molar-refractivity contribution in [1.29, 1.82) is 5.26 Å². The van der Waals surface area contributed by atoms with Gasteiger partial charge in [-0.3, -0.25) is 4.79 Å². The number of aliphatic carboxylic acids is 1. The van der Waals surface area contributed by atoms with Crippen LogP contribution in [0.1, 0.15) is 20.3 Å². The second-order valence-corrected chi connectivity index (χ2v) is 4.68. The summed E-state index contributed by atoms with van der Waals surface area (Å²) in [4.78, 5) is 24.2. The second-order valence-electron chi connectivity index (χ2n) is 4.68. The Morgan fingerprint density at radius 3 is 2.53 bits per heavy atom. The van der Waals surface area contributed by atoms with Crippen LogP contribution in [0, 0.1) is 23.2 Å². The molecule has 0 spiro atoms. The first-order valence-electron chi connectivity index (χ1n) is 5.57. The van der Waals surface area contributed by atoms with E-state index in [-0.39, 0.29) is 24.8 Å². The molecule has 17 heavy (non-hydrogen) atoms. The molecule has 0 bridgehead atoms. The van der Waals surface area contributed by atoms with Gasteiger partial charge >= 0.3 is 5.97 Å². The first-order valence-corrected chi connectivity index (χ1v) is 5.57. The number of amides is 1. The van der Waals surface area contributed by atoms with Crippen molar-refractivity contribution in [2.24, 2.45) is 17.6 Å². The van der Waals surface area contributed by atoms with Crippen molar-refractivity contribution in [1.82, 2.24) is 4.90 Å². The Hall–Kier alpha value is -1.61. The average Bonchev–Trinajstić information content (AvgIpc) is 2.70. The highest BCUT2D eigenvalue weighted by molar-refractivity contribution is 5.87. The monoisotopic (exact) mass is 239 g/mol. The van der Waals surface area contributed by atoms with E-state index >= 15 is 0 Å². The van der Waals surface area contributed by atoms with Gasteiger partial charge in [-0.15, -0.1) is 0 Å². The van der Waals surface area contributed by atoms with Gasteiger partial charge in [-0.2, -0.15) is 5.26 Å². The first-order chi connectivity index (χ1) is 7.88. The van der Waals surface area contributed by atoms with Gasteiger partial charge in [-0.05, 0) is 12.3 Å². The van der Waals surface area contributed by atoms with Crippen molar-refractivity contribution in [3.05, 3.63) is 0 Å². The highest BCUT2D eigenvalue weighted by atomic mass is 16.4. The van der Waals surface area contributed by atoms with Gasteiger partial charge in [-0.25, -0.2) is 4.79 Å². The molecule has 0 aromatic carbocycles. The number of likely N-dealkylation sites (tertiary alicyclic amines) is 1. The lowest BCUT2D eigenvalue weighted by Gasteiger charge is -2.26. The Balaban J connectivity index is 2.84. The van der Waals surface area contributed by atoms with E-state index in [0.717, 1.165) is 0 Å². The maximum Gasteiger partial charge on any atom is 0.326 e. The summed E-state index contributed by atoms with van der Waals surface area (Å²) in [7, 11) is 0. The zero-order valence-corrected chi connectivity index (χ0v) is 9.96. The molecular weight excluding hydrogens is 222 g/mol. The average molecular weight is 239 g/mol. The van der Waals surface area contributed by atoms with Crippen molar-refractivity contribution < 1.29 is 14.7 Å². The number of nitriles is 1. The number of hydrogen-bond acceptors (Lipinski definition) is 4. The number of rotatable bonds is 3. The van der Waals surface area contributed by atoms with Gasteiger partial charge in [0.25, 0.3) is 0 Å². The molecule has 1 aliphatic heterocycles. The molecule has 0 unspecified atom stereocenters. The number of carboxylic acid groups (broad SMARTS) is 1. The van der Waals surface area contributed by atoms with E-state index in [1.54, 1.807) is 13.8 Å². The molecule has 0 aromatic heterocycles. The predicted octanol–water partition coefficient (Wildman–Crippen LogP) is -0.205. The molecular formula is C11H17N3O3. The van der Waals surface area contributed by atoms with Crippen LogP contribution < -0.4 is 5.73 Å². The Labute approximate surface area is 100.0 Å². The van der Waals surface area contributed by atoms with Crippen LogP contribution in [0.4, 0.5) is 0 Å². The van der Waals surface area contributed by atoms with E-state index in [2.05, 4.69) is 0 Å². The number of carboxylic acids is 1. The molecule has 0 aromatic rings. The number of nitrogens with zero attached hydrogens (tertiary/aromatic N) is 2. The summed E-state index contributed by atoms with van der Waals surface area (Å²) in [5.41, 5.74) is 5.72. The smallest absolute Gasteiger partial charge is 0.326 e. The van der Waals surface area contributed by atoms with E-state index < -0.39 is 24.0 Å². The lowest BCUT2D eigenvalue weighted by Crippen LogP contribution is -2.50. The summed E-state index contributed by atoms with van der Waals surface area (Å²) in [6.07, 6.45) is 0.183. The minimum Gasteiger partial charge on any atom is -0.480 e. The van der Waals surface area contributed by atoms with Crippen molar-refractivity contribution in [2.45, 2.75) is 32.4 Å². The maximum absolute atomic E-state index is 12.0. The van der Waals surface area contributed by atoms with Gasteiger partial charge in [0.05, 0.1) is 18.0 Å². The Morgan fingerprint density at radius 1 is 1.53 bits per heavy atom. The van der Waals surface area contributed by atoms with Gasteiger partial charge in [0.1, 0.15) is 6.04 Å². The quantitative estimate of drug-likeness (QED) is 0.708. The minimum absolute atomic E-state index is 0.0573. The van der Waals surface area contributed by atoms with Crippen LogP contribution in [-0.4, -0.2) is 40.5 Å². The van der Waals surface area contributed by atoms with Crippen LogP contribution in [0.2, 0.25) is 0 Å². The standard InChI is InChI=1S/C11H17N3O3/c1-6(2)9(13)10(15)14-5-7(4-12)3-8(14)11(16)17/h6-9H,3,5,13H2,1-2H3,(H,16,17)/t7-,8-,9-/m0/s1. The van der Waals surface area contributed by atoms with E-state index in [0.29, 0.717) is 0 Å². The van der Waals surface area contributed by atoms with Crippen LogP contribution in [0.15, 0.2) is 0 Å². The molecule has 94 valence electrons. The fourth-order valence-electron chi connectivity index (χ4n) is 1.88. The van der Waals surface area contributed by atoms with E-state index in [1.165, 1.54) is 4.90 Å². The zero-order chi connectivity index (χ0) is 13.2. The third-order valence-corrected chi connectivity index (χ3v) is 3.06. The largest absolute Gasteiger partial charge is 0.480 e. The molecule has 1 rings (SSSR count). The first kappa shape index (κ1) is 13.5. The topological polar surface area (TPSA) is 107 Å². The van der Waals surface area contributed by atoms with Gasteiger partial charge in [0, 0.05) is 6.54 Å². The van der Waals surface area contributed by atoms with Gasteiger partial charge in [0.15, 0.2) is 0 Å². The van der Waals surface area contributed by atoms with Gasteiger partial charge < -0.3 is 15.7 Å². The van der Waals surface area contributed by atoms with Crippen molar-refractivity contribution in [3.63, 3.8) is 0 Å². The molecule has 1 amide bonds. The minimum atomic E-state index is -1.08.